The van der Waals surface area contributed by atoms with Gasteiger partial charge in [0.2, 0.25) is 0 Å². The van der Waals surface area contributed by atoms with Crippen molar-refractivity contribution in [3.05, 3.63) is 76.9 Å². The molecule has 0 unspecified atom stereocenters. The number of rotatable bonds is 4. The van der Waals surface area contributed by atoms with Gasteiger partial charge < -0.3 is 10.2 Å². The molecule has 0 atom stereocenters. The molecular weight excluding hydrogens is 493 g/mol. The van der Waals surface area contributed by atoms with Gasteiger partial charge in [0.1, 0.15) is 5.69 Å². The Morgan fingerprint density at radius 2 is 1.28 bits per heavy atom. The molecule has 0 bridgehead atoms. The Labute approximate surface area is 227 Å². The van der Waals surface area contributed by atoms with Crippen LogP contribution in [0.1, 0.15) is 90.3 Å². The Balaban J connectivity index is 0.000000356. The predicted molar refractivity (Wildman–Crippen MR) is 142 cm³/mol. The van der Waals surface area contributed by atoms with E-state index in [4.69, 9.17) is 4.99 Å². The molecule has 6 heteroatoms. The van der Waals surface area contributed by atoms with Crippen LogP contribution in [0, 0.1) is 0 Å². The zero-order chi connectivity index (χ0) is 26.4. The number of benzene rings is 2. The van der Waals surface area contributed by atoms with Crippen LogP contribution in [0.15, 0.2) is 53.9 Å². The van der Waals surface area contributed by atoms with E-state index < -0.39 is 0 Å². The second-order valence-electron chi connectivity index (χ2n) is 10.7. The molecule has 0 fully saturated rings. The van der Waals surface area contributed by atoms with Crippen LogP contribution in [0.3, 0.4) is 0 Å². The third kappa shape index (κ3) is 7.89. The third-order valence-electron chi connectivity index (χ3n) is 5.91. The van der Waals surface area contributed by atoms with Gasteiger partial charge in [-0.3, -0.25) is 15.0 Å². The molecule has 0 aliphatic rings. The SMILES string of the molecule is CC(C)(C)c1ccc(C(C)(C)C)c([O-])c1[O-].CCc1cccc(CC)c1N=C(C)c1cnccn1.[Ni+2]. The van der Waals surface area contributed by atoms with Gasteiger partial charge in [-0.2, -0.15) is 0 Å². The monoisotopic (exact) mass is 531 g/mol. The van der Waals surface area contributed by atoms with Crippen molar-refractivity contribution in [3.8, 4) is 11.5 Å². The molecule has 1 aromatic heterocycles. The van der Waals surface area contributed by atoms with E-state index in [1.807, 2.05) is 48.5 Å². The van der Waals surface area contributed by atoms with Gasteiger partial charge in [0, 0.05) is 12.4 Å². The Morgan fingerprint density at radius 3 is 1.64 bits per heavy atom. The molecule has 0 aliphatic heterocycles. The molecule has 3 rings (SSSR count). The van der Waals surface area contributed by atoms with Crippen molar-refractivity contribution in [2.24, 2.45) is 4.99 Å². The Morgan fingerprint density at radius 1 is 0.806 bits per heavy atom. The van der Waals surface area contributed by atoms with Crippen LogP contribution in [0.5, 0.6) is 11.5 Å². The summed E-state index contributed by atoms with van der Waals surface area (Å²) in [4.78, 5) is 13.2. The fourth-order valence-electron chi connectivity index (χ4n) is 3.81. The molecule has 0 aliphatic carbocycles. The van der Waals surface area contributed by atoms with Crippen molar-refractivity contribution in [2.45, 2.75) is 86.0 Å². The van der Waals surface area contributed by atoms with Crippen LogP contribution in [-0.4, -0.2) is 15.7 Å². The number of para-hydroxylation sites is 1. The zero-order valence-electron chi connectivity index (χ0n) is 23.0. The summed E-state index contributed by atoms with van der Waals surface area (Å²) in [6.07, 6.45) is 7.09. The average molecular weight is 532 g/mol. The van der Waals surface area contributed by atoms with E-state index in [1.165, 1.54) is 11.1 Å². The topological polar surface area (TPSA) is 84.3 Å². The van der Waals surface area contributed by atoms with Crippen molar-refractivity contribution in [1.29, 1.82) is 0 Å². The normalized spacial score (nSPS) is 11.9. The van der Waals surface area contributed by atoms with Crippen LogP contribution in [0.4, 0.5) is 5.69 Å². The molecule has 0 amide bonds. The van der Waals surface area contributed by atoms with Crippen molar-refractivity contribution in [3.63, 3.8) is 0 Å². The number of aliphatic imine (C=N–C) groups is 1. The summed E-state index contributed by atoms with van der Waals surface area (Å²) < 4.78 is 0. The number of aromatic nitrogens is 2. The summed E-state index contributed by atoms with van der Waals surface area (Å²) >= 11 is 0. The quantitative estimate of drug-likeness (QED) is 0.297. The number of hydrogen-bond donors (Lipinski definition) is 0. The van der Waals surface area contributed by atoms with Crippen LogP contribution >= 0.6 is 0 Å². The van der Waals surface area contributed by atoms with E-state index in [9.17, 15) is 10.2 Å². The number of aryl methyl sites for hydroxylation is 2. The number of hydrogen-bond acceptors (Lipinski definition) is 5. The van der Waals surface area contributed by atoms with Gasteiger partial charge in [0.05, 0.1) is 17.6 Å². The van der Waals surface area contributed by atoms with Crippen molar-refractivity contribution in [1.82, 2.24) is 9.97 Å². The summed E-state index contributed by atoms with van der Waals surface area (Å²) in [6, 6.07) is 9.98. The van der Waals surface area contributed by atoms with Crippen molar-refractivity contribution < 1.29 is 26.7 Å². The first kappa shape index (κ1) is 31.3. The van der Waals surface area contributed by atoms with E-state index in [0.717, 1.165) is 29.9 Å². The van der Waals surface area contributed by atoms with E-state index in [2.05, 4.69) is 42.0 Å². The molecule has 0 saturated heterocycles. The molecule has 0 saturated carbocycles. The predicted octanol–water partition coefficient (Wildman–Crippen LogP) is 6.17. The van der Waals surface area contributed by atoms with Crippen molar-refractivity contribution in [2.75, 3.05) is 0 Å². The average Bonchev–Trinajstić information content (AvgIpc) is 2.80. The largest absolute Gasteiger partial charge is 2.00 e. The van der Waals surface area contributed by atoms with Crippen LogP contribution in [-0.2, 0) is 40.2 Å². The molecule has 3 aromatic rings. The van der Waals surface area contributed by atoms with Gasteiger partial charge in [-0.25, -0.2) is 0 Å². The van der Waals surface area contributed by atoms with E-state index >= 15 is 0 Å². The van der Waals surface area contributed by atoms with E-state index in [-0.39, 0.29) is 38.8 Å². The zero-order valence-corrected chi connectivity index (χ0v) is 24.0. The fraction of sp³-hybridized carbons (Fsp3) is 0.433. The minimum atomic E-state index is -0.347. The maximum absolute atomic E-state index is 12.0. The number of nitrogens with zero attached hydrogens (tertiary/aromatic N) is 3. The van der Waals surface area contributed by atoms with E-state index in [1.54, 1.807) is 30.7 Å². The van der Waals surface area contributed by atoms with E-state index in [0.29, 0.717) is 11.1 Å². The maximum Gasteiger partial charge on any atom is 2.00 e. The molecule has 0 radical (unpaired) electrons. The van der Waals surface area contributed by atoms with Crippen LogP contribution in [0.2, 0.25) is 0 Å². The summed E-state index contributed by atoms with van der Waals surface area (Å²) in [5, 5.41) is 23.9. The molecule has 0 N–H and O–H groups in total. The molecule has 36 heavy (non-hydrogen) atoms. The smallest absolute Gasteiger partial charge is 0.873 e. The minimum Gasteiger partial charge on any atom is -0.873 e. The fourth-order valence-corrected chi connectivity index (χ4v) is 3.81. The van der Waals surface area contributed by atoms with Crippen LogP contribution in [0.25, 0.3) is 0 Å². The maximum atomic E-state index is 12.0. The third-order valence-corrected chi connectivity index (χ3v) is 5.91. The van der Waals surface area contributed by atoms with Crippen LogP contribution < -0.4 is 10.2 Å². The Kier molecular flexibility index (Phi) is 11.3. The molecule has 0 spiro atoms. The summed E-state index contributed by atoms with van der Waals surface area (Å²) in [5.74, 6) is -0.695. The molecule has 196 valence electrons. The second-order valence-corrected chi connectivity index (χ2v) is 10.7. The Hall–Kier alpha value is -2.72. The molecular formula is C30H39N3NiO2. The van der Waals surface area contributed by atoms with Gasteiger partial charge in [0.15, 0.2) is 0 Å². The summed E-state index contributed by atoms with van der Waals surface area (Å²) in [5.41, 5.74) is 6.05. The Bertz CT molecular complexity index is 1100. The van der Waals surface area contributed by atoms with Gasteiger partial charge >= 0.3 is 16.5 Å². The summed E-state index contributed by atoms with van der Waals surface area (Å²) in [7, 11) is 0. The first-order chi connectivity index (χ1) is 16.3. The van der Waals surface area contributed by atoms with Gasteiger partial charge in [-0.05, 0) is 41.7 Å². The van der Waals surface area contributed by atoms with Gasteiger partial charge in [-0.15, -0.1) is 11.5 Å². The van der Waals surface area contributed by atoms with Gasteiger partial charge in [-0.1, -0.05) is 96.8 Å². The first-order valence-electron chi connectivity index (χ1n) is 12.3. The summed E-state index contributed by atoms with van der Waals surface area (Å²) in [6.45, 7) is 18.0. The molecule has 5 nitrogen and oxygen atoms in total. The molecule has 1 heterocycles. The minimum absolute atomic E-state index is 0. The second kappa shape index (κ2) is 13.0. The standard InChI is InChI=1S/C16H19N3.C14H22O2.Ni/c1-4-13-7-6-8-14(5-2)16(13)19-12(3)15-11-17-9-10-18-15;1-13(2,3)9-7-8-10(14(4,5)6)12(16)11(9)15;/h6-11H,4-5H2,1-3H3;7-8,15-16H,1-6H3;/q;;+2/p-2. The van der Waals surface area contributed by atoms with Crippen molar-refractivity contribution >= 4 is 11.4 Å². The van der Waals surface area contributed by atoms with Gasteiger partial charge in [0.25, 0.3) is 0 Å². The first-order valence-corrected chi connectivity index (χ1v) is 12.3. The molecule has 2 aromatic carbocycles.